The highest BCUT2D eigenvalue weighted by atomic mass is 16.4. The highest BCUT2D eigenvalue weighted by molar-refractivity contribution is 5.97. The van der Waals surface area contributed by atoms with Gasteiger partial charge in [0.05, 0.1) is 23.4 Å². The van der Waals surface area contributed by atoms with Gasteiger partial charge in [-0.05, 0) is 77.4 Å². The smallest absolute Gasteiger partial charge is 0.305 e. The molecule has 0 atom stereocenters. The number of carboxylic acids is 1. The van der Waals surface area contributed by atoms with E-state index in [9.17, 15) is 19.5 Å². The van der Waals surface area contributed by atoms with E-state index in [2.05, 4.69) is 57.7 Å². The van der Waals surface area contributed by atoms with E-state index in [0.717, 1.165) is 66.8 Å². The lowest BCUT2D eigenvalue weighted by Crippen LogP contribution is -2.32. The molecule has 2 heterocycles. The van der Waals surface area contributed by atoms with Gasteiger partial charge >= 0.3 is 5.97 Å². The first kappa shape index (κ1) is 29.1. The molecule has 8 heteroatoms. The topological polar surface area (TPSA) is 103 Å². The van der Waals surface area contributed by atoms with E-state index >= 15 is 0 Å². The largest absolute Gasteiger partial charge is 0.481 e. The molecular formula is C36H36N4O4. The Morgan fingerprint density at radius 1 is 0.932 bits per heavy atom. The number of carbonyl (C=O) groups excluding carboxylic acids is 2. The minimum Gasteiger partial charge on any atom is -0.481 e. The van der Waals surface area contributed by atoms with Crippen LogP contribution >= 0.6 is 0 Å². The molecule has 2 amide bonds. The first-order chi connectivity index (χ1) is 21.4. The van der Waals surface area contributed by atoms with Crippen LogP contribution < -0.4 is 10.2 Å². The zero-order valence-electron chi connectivity index (χ0n) is 24.6. The van der Waals surface area contributed by atoms with Crippen LogP contribution in [0.2, 0.25) is 0 Å². The Bertz CT molecular complexity index is 1670. The summed E-state index contributed by atoms with van der Waals surface area (Å²) < 4.78 is 0. The van der Waals surface area contributed by atoms with E-state index in [4.69, 9.17) is 0 Å². The van der Waals surface area contributed by atoms with Gasteiger partial charge in [0.2, 0.25) is 5.91 Å². The molecular weight excluding hydrogens is 552 g/mol. The first-order valence-electron chi connectivity index (χ1n) is 15.2. The number of nitrogens with zero attached hydrogens (tertiary/aromatic N) is 3. The van der Waals surface area contributed by atoms with Gasteiger partial charge in [-0.2, -0.15) is 0 Å². The van der Waals surface area contributed by atoms with Crippen LogP contribution in [0.4, 0.5) is 11.4 Å². The normalized spacial score (nSPS) is 14.3. The highest BCUT2D eigenvalue weighted by Crippen LogP contribution is 2.36. The number of anilines is 2. The number of amides is 2. The van der Waals surface area contributed by atoms with Gasteiger partial charge in [0.1, 0.15) is 0 Å². The third-order valence-corrected chi connectivity index (χ3v) is 8.63. The second-order valence-corrected chi connectivity index (χ2v) is 11.6. The van der Waals surface area contributed by atoms with E-state index in [-0.39, 0.29) is 37.2 Å². The molecule has 1 aromatic heterocycles. The molecule has 1 saturated carbocycles. The maximum absolute atomic E-state index is 13.3. The van der Waals surface area contributed by atoms with Crippen LogP contribution in [0.1, 0.15) is 52.7 Å². The molecule has 224 valence electrons. The number of aliphatic carboxylic acids is 1. The molecule has 8 nitrogen and oxygen atoms in total. The van der Waals surface area contributed by atoms with Gasteiger partial charge < -0.3 is 20.2 Å². The van der Waals surface area contributed by atoms with Crippen LogP contribution in [-0.4, -0.2) is 45.9 Å². The van der Waals surface area contributed by atoms with Gasteiger partial charge in [0.25, 0.3) is 5.91 Å². The second-order valence-electron chi connectivity index (χ2n) is 11.6. The van der Waals surface area contributed by atoms with Crippen LogP contribution in [0, 0.1) is 5.92 Å². The Balaban J connectivity index is 1.28. The third kappa shape index (κ3) is 6.64. The second kappa shape index (κ2) is 13.1. The van der Waals surface area contributed by atoms with Crippen molar-refractivity contribution < 1.29 is 19.5 Å². The summed E-state index contributed by atoms with van der Waals surface area (Å²) in [6.07, 6.45) is 6.83. The molecule has 3 aromatic carbocycles. The van der Waals surface area contributed by atoms with E-state index in [1.54, 1.807) is 23.2 Å². The van der Waals surface area contributed by atoms with Crippen molar-refractivity contribution in [3.8, 4) is 11.1 Å². The molecule has 0 unspecified atom stereocenters. The summed E-state index contributed by atoms with van der Waals surface area (Å²) in [5, 5.41) is 12.6. The summed E-state index contributed by atoms with van der Waals surface area (Å²) in [4.78, 5) is 45.7. The number of aromatic nitrogens is 1. The number of carboxylic acid groups (broad SMARTS) is 1. The van der Waals surface area contributed by atoms with Crippen molar-refractivity contribution in [3.63, 3.8) is 0 Å². The van der Waals surface area contributed by atoms with Gasteiger partial charge in [-0.25, -0.2) is 0 Å². The van der Waals surface area contributed by atoms with E-state index < -0.39 is 5.97 Å². The maximum Gasteiger partial charge on any atom is 0.305 e. The Kier molecular flexibility index (Phi) is 8.68. The summed E-state index contributed by atoms with van der Waals surface area (Å²) in [5.74, 6) is -1.09. The molecule has 1 fully saturated rings. The molecule has 44 heavy (non-hydrogen) atoms. The van der Waals surface area contributed by atoms with Gasteiger partial charge in [0.15, 0.2) is 0 Å². The molecule has 1 aliphatic heterocycles. The number of nitrogens with one attached hydrogen (secondary N) is 1. The van der Waals surface area contributed by atoms with Crippen LogP contribution in [0.5, 0.6) is 0 Å². The lowest BCUT2D eigenvalue weighted by molar-refractivity contribution is -0.137. The van der Waals surface area contributed by atoms with Crippen molar-refractivity contribution in [2.45, 2.75) is 45.2 Å². The van der Waals surface area contributed by atoms with Crippen molar-refractivity contribution >= 4 is 29.2 Å². The fraction of sp³-hybridized carbons (Fsp3) is 0.278. The molecule has 0 bridgehead atoms. The van der Waals surface area contributed by atoms with Crippen LogP contribution in [-0.2, 0) is 29.1 Å². The molecule has 0 saturated heterocycles. The molecule has 2 aliphatic rings. The predicted molar refractivity (Wildman–Crippen MR) is 170 cm³/mol. The van der Waals surface area contributed by atoms with E-state index in [0.29, 0.717) is 5.56 Å². The van der Waals surface area contributed by atoms with Gasteiger partial charge in [-0.15, -0.1) is 0 Å². The lowest BCUT2D eigenvalue weighted by Gasteiger charge is -2.33. The van der Waals surface area contributed by atoms with Crippen molar-refractivity contribution in [2.24, 2.45) is 5.92 Å². The molecule has 4 aromatic rings. The Morgan fingerprint density at radius 3 is 2.50 bits per heavy atom. The number of benzene rings is 3. The summed E-state index contributed by atoms with van der Waals surface area (Å²) in [5.41, 5.74) is 7.68. The molecule has 1 aliphatic carbocycles. The Hall–Kier alpha value is -4.98. The molecule has 0 spiro atoms. The average molecular weight is 589 g/mol. The van der Waals surface area contributed by atoms with Crippen LogP contribution in [0.25, 0.3) is 11.1 Å². The van der Waals surface area contributed by atoms with Gasteiger partial charge in [0, 0.05) is 44.5 Å². The zero-order valence-corrected chi connectivity index (χ0v) is 24.6. The predicted octanol–water partition coefficient (Wildman–Crippen LogP) is 6.17. The Labute approximate surface area is 257 Å². The summed E-state index contributed by atoms with van der Waals surface area (Å²) >= 11 is 0. The van der Waals surface area contributed by atoms with Crippen molar-refractivity contribution in [2.75, 3.05) is 23.3 Å². The summed E-state index contributed by atoms with van der Waals surface area (Å²) in [6.45, 7) is 1.99. The molecule has 2 N–H and O–H groups in total. The standard InChI is InChI=1S/C36H36N4O4/c41-34(42)16-19-40(36(44)30-12-5-17-37-22-30)23-25-6-3-11-28(20-25)29-13-14-33(32(21-29)38-35(43)27-9-4-10-27)39-18-15-26-7-1-2-8-31(26)24-39/h1-3,5-8,11-14,17,20-22,27H,4,9-10,15-16,18-19,23-24H2,(H,38,43)(H,41,42). The van der Waals surface area contributed by atoms with Gasteiger partial charge in [-0.3, -0.25) is 19.4 Å². The van der Waals surface area contributed by atoms with Crippen molar-refractivity contribution in [1.29, 1.82) is 0 Å². The highest BCUT2D eigenvalue weighted by Gasteiger charge is 2.27. The van der Waals surface area contributed by atoms with Crippen LogP contribution in [0.3, 0.4) is 0 Å². The first-order valence-corrected chi connectivity index (χ1v) is 15.2. The third-order valence-electron chi connectivity index (χ3n) is 8.63. The number of carbonyl (C=O) groups is 3. The number of rotatable bonds is 10. The van der Waals surface area contributed by atoms with Gasteiger partial charge in [-0.1, -0.05) is 55.0 Å². The number of hydrogen-bond acceptors (Lipinski definition) is 5. The van der Waals surface area contributed by atoms with Crippen molar-refractivity contribution in [1.82, 2.24) is 9.88 Å². The average Bonchev–Trinajstić information content (AvgIpc) is 3.02. The number of pyridine rings is 1. The minimum atomic E-state index is -0.962. The summed E-state index contributed by atoms with van der Waals surface area (Å²) in [7, 11) is 0. The fourth-order valence-corrected chi connectivity index (χ4v) is 5.92. The van der Waals surface area contributed by atoms with Crippen molar-refractivity contribution in [3.05, 3.63) is 114 Å². The van der Waals surface area contributed by atoms with E-state index in [1.807, 2.05) is 24.3 Å². The Morgan fingerprint density at radius 2 is 1.75 bits per heavy atom. The summed E-state index contributed by atoms with van der Waals surface area (Å²) in [6, 6.07) is 26.0. The number of fused-ring (bicyclic) bond motifs is 1. The zero-order chi connectivity index (χ0) is 30.5. The number of hydrogen-bond donors (Lipinski definition) is 2. The monoisotopic (exact) mass is 588 g/mol. The fourth-order valence-electron chi connectivity index (χ4n) is 5.92. The lowest BCUT2D eigenvalue weighted by atomic mass is 9.84. The minimum absolute atomic E-state index is 0.0612. The quantitative estimate of drug-likeness (QED) is 0.230. The molecule has 6 rings (SSSR count). The SMILES string of the molecule is O=C(O)CCN(Cc1cccc(-c2ccc(N3CCc4ccccc4C3)c(NC(=O)C3CCC3)c2)c1)C(=O)c1cccnc1. The molecule has 0 radical (unpaired) electrons. The van der Waals surface area contributed by atoms with E-state index in [1.165, 1.54) is 17.3 Å². The maximum atomic E-state index is 13.3. The van der Waals surface area contributed by atoms with Crippen LogP contribution in [0.15, 0.2) is 91.3 Å².